The number of anilines is 1. The van der Waals surface area contributed by atoms with Crippen molar-refractivity contribution < 1.29 is 13.2 Å². The average Bonchev–Trinajstić information content (AvgIpc) is 2.73. The fraction of sp³-hybridized carbons (Fsp3) is 0.0952. The van der Waals surface area contributed by atoms with E-state index in [2.05, 4.69) is 15.4 Å². The van der Waals surface area contributed by atoms with E-state index in [1.54, 1.807) is 12.1 Å². The third-order valence-corrected chi connectivity index (χ3v) is 5.44. The van der Waals surface area contributed by atoms with Gasteiger partial charge in [0.05, 0.1) is 4.90 Å². The van der Waals surface area contributed by atoms with E-state index in [0.29, 0.717) is 12.2 Å². The van der Waals surface area contributed by atoms with Crippen molar-refractivity contribution in [2.24, 2.45) is 0 Å². The summed E-state index contributed by atoms with van der Waals surface area (Å²) in [4.78, 5) is 12.1. The number of sulfonamides is 1. The second-order valence-electron chi connectivity index (χ2n) is 6.13. The summed E-state index contributed by atoms with van der Waals surface area (Å²) in [6.45, 7) is 0.619. The summed E-state index contributed by atoms with van der Waals surface area (Å²) in [6, 6.07) is 24.5. The van der Waals surface area contributed by atoms with Crippen molar-refractivity contribution in [2.45, 2.75) is 18.0 Å². The summed E-state index contributed by atoms with van der Waals surface area (Å²) in [5, 5.41) is 5.43. The van der Waals surface area contributed by atoms with Gasteiger partial charge in [0, 0.05) is 18.8 Å². The fourth-order valence-electron chi connectivity index (χ4n) is 2.53. The topological polar surface area (TPSA) is 87.3 Å². The molecule has 6 nitrogen and oxygen atoms in total. The molecule has 0 saturated carbocycles. The van der Waals surface area contributed by atoms with Crippen LogP contribution in [-0.2, 0) is 23.1 Å². The lowest BCUT2D eigenvalue weighted by Gasteiger charge is -2.10. The normalized spacial score (nSPS) is 11.0. The van der Waals surface area contributed by atoms with Gasteiger partial charge in [0.1, 0.15) is 0 Å². The number of benzene rings is 3. The molecule has 0 heterocycles. The molecule has 0 unspecified atom stereocenters. The number of carbonyl (C=O) groups is 1. The number of hydrogen-bond donors (Lipinski definition) is 3. The molecular weight excluding hydrogens is 374 g/mol. The zero-order chi connectivity index (χ0) is 19.8. The van der Waals surface area contributed by atoms with Crippen molar-refractivity contribution in [1.29, 1.82) is 0 Å². The Bertz CT molecular complexity index is 1010. The van der Waals surface area contributed by atoms with Crippen LogP contribution in [0, 0.1) is 0 Å². The van der Waals surface area contributed by atoms with Crippen LogP contribution in [-0.4, -0.2) is 14.4 Å². The minimum Gasteiger partial charge on any atom is -0.334 e. The monoisotopic (exact) mass is 395 g/mol. The highest BCUT2D eigenvalue weighted by atomic mass is 32.2. The molecule has 2 amide bonds. The van der Waals surface area contributed by atoms with Gasteiger partial charge < -0.3 is 10.6 Å². The summed E-state index contributed by atoms with van der Waals surface area (Å²) in [5.74, 6) is 0. The zero-order valence-corrected chi connectivity index (χ0v) is 15.9. The first-order valence-electron chi connectivity index (χ1n) is 8.75. The van der Waals surface area contributed by atoms with Gasteiger partial charge >= 0.3 is 6.03 Å². The third-order valence-electron chi connectivity index (χ3n) is 4.03. The van der Waals surface area contributed by atoms with Crippen molar-refractivity contribution in [3.63, 3.8) is 0 Å². The van der Waals surface area contributed by atoms with Crippen LogP contribution in [0.15, 0.2) is 89.8 Å². The molecule has 28 heavy (non-hydrogen) atoms. The van der Waals surface area contributed by atoms with Gasteiger partial charge in [-0.25, -0.2) is 17.9 Å². The minimum absolute atomic E-state index is 0.138. The maximum absolute atomic E-state index is 12.4. The predicted octanol–water partition coefficient (Wildman–Crippen LogP) is 3.49. The highest BCUT2D eigenvalue weighted by Gasteiger charge is 2.13. The van der Waals surface area contributed by atoms with Gasteiger partial charge in [0.2, 0.25) is 10.0 Å². The molecule has 3 aromatic carbocycles. The Morgan fingerprint density at radius 2 is 1.25 bits per heavy atom. The van der Waals surface area contributed by atoms with E-state index in [1.807, 2.05) is 60.7 Å². The van der Waals surface area contributed by atoms with Gasteiger partial charge in [-0.15, -0.1) is 0 Å². The molecule has 3 rings (SSSR count). The Balaban J connectivity index is 1.54. The number of urea groups is 1. The molecule has 7 heteroatoms. The molecule has 144 valence electrons. The van der Waals surface area contributed by atoms with E-state index < -0.39 is 10.0 Å². The van der Waals surface area contributed by atoms with Crippen LogP contribution in [0.1, 0.15) is 11.1 Å². The maximum atomic E-state index is 12.4. The zero-order valence-electron chi connectivity index (χ0n) is 15.1. The molecule has 0 aliphatic heterocycles. The lowest BCUT2D eigenvalue weighted by Crippen LogP contribution is -2.28. The molecule has 3 N–H and O–H groups in total. The van der Waals surface area contributed by atoms with Crippen LogP contribution >= 0.6 is 0 Å². The summed E-state index contributed by atoms with van der Waals surface area (Å²) >= 11 is 0. The van der Waals surface area contributed by atoms with Gasteiger partial charge in [-0.2, -0.15) is 0 Å². The van der Waals surface area contributed by atoms with Gasteiger partial charge in [0.15, 0.2) is 0 Å². The first-order chi connectivity index (χ1) is 13.5. The molecule has 0 bridgehead atoms. The average molecular weight is 395 g/mol. The lowest BCUT2D eigenvalue weighted by molar-refractivity contribution is 0.251. The Hall–Kier alpha value is -3.16. The maximum Gasteiger partial charge on any atom is 0.319 e. The highest BCUT2D eigenvalue weighted by Crippen LogP contribution is 2.14. The molecule has 0 radical (unpaired) electrons. The van der Waals surface area contributed by atoms with Crippen molar-refractivity contribution in [2.75, 3.05) is 5.32 Å². The Kier molecular flexibility index (Phi) is 6.41. The number of hydrogen-bond acceptors (Lipinski definition) is 3. The quantitative estimate of drug-likeness (QED) is 0.572. The van der Waals surface area contributed by atoms with Crippen LogP contribution in [0.5, 0.6) is 0 Å². The molecule has 0 atom stereocenters. The second-order valence-corrected chi connectivity index (χ2v) is 7.89. The highest BCUT2D eigenvalue weighted by molar-refractivity contribution is 7.89. The van der Waals surface area contributed by atoms with Crippen molar-refractivity contribution in [3.8, 4) is 0 Å². The van der Waals surface area contributed by atoms with Crippen molar-refractivity contribution in [1.82, 2.24) is 10.0 Å². The van der Waals surface area contributed by atoms with Crippen molar-refractivity contribution >= 4 is 21.7 Å². The molecule has 0 aliphatic carbocycles. The van der Waals surface area contributed by atoms with E-state index in [1.165, 1.54) is 12.1 Å². The van der Waals surface area contributed by atoms with E-state index in [0.717, 1.165) is 11.1 Å². The number of rotatable bonds is 7. The smallest absolute Gasteiger partial charge is 0.319 e. The molecular formula is C21H21N3O3S. The predicted molar refractivity (Wildman–Crippen MR) is 109 cm³/mol. The molecule has 0 spiro atoms. The van der Waals surface area contributed by atoms with Crippen LogP contribution < -0.4 is 15.4 Å². The van der Waals surface area contributed by atoms with E-state index in [-0.39, 0.29) is 17.5 Å². The van der Waals surface area contributed by atoms with E-state index in [9.17, 15) is 13.2 Å². The van der Waals surface area contributed by atoms with Crippen LogP contribution in [0.2, 0.25) is 0 Å². The van der Waals surface area contributed by atoms with Crippen LogP contribution in [0.25, 0.3) is 0 Å². The summed E-state index contributed by atoms with van der Waals surface area (Å²) < 4.78 is 27.3. The molecule has 0 aliphatic rings. The summed E-state index contributed by atoms with van der Waals surface area (Å²) in [6.07, 6.45) is 0. The van der Waals surface area contributed by atoms with Crippen molar-refractivity contribution in [3.05, 3.63) is 96.1 Å². The van der Waals surface area contributed by atoms with Gasteiger partial charge in [0.25, 0.3) is 0 Å². The van der Waals surface area contributed by atoms with Crippen LogP contribution in [0.3, 0.4) is 0 Å². The molecule has 0 saturated heterocycles. The summed E-state index contributed by atoms with van der Waals surface area (Å²) in [5.41, 5.74) is 2.37. The lowest BCUT2D eigenvalue weighted by atomic mass is 10.2. The number of carbonyl (C=O) groups excluding carboxylic acids is 1. The molecule has 3 aromatic rings. The first kappa shape index (κ1) is 19.6. The fourth-order valence-corrected chi connectivity index (χ4v) is 3.55. The second kappa shape index (κ2) is 9.16. The summed E-state index contributed by atoms with van der Waals surface area (Å²) in [7, 11) is -3.63. The number of nitrogens with one attached hydrogen (secondary N) is 3. The first-order valence-corrected chi connectivity index (χ1v) is 10.2. The van der Waals surface area contributed by atoms with Gasteiger partial charge in [-0.3, -0.25) is 0 Å². The Morgan fingerprint density at radius 3 is 1.82 bits per heavy atom. The SMILES string of the molecule is O=C(NCc1ccccc1)Nc1ccc(S(=O)(=O)NCc2ccccc2)cc1. The van der Waals surface area contributed by atoms with Gasteiger partial charge in [-0.1, -0.05) is 60.7 Å². The van der Waals surface area contributed by atoms with Gasteiger partial charge in [-0.05, 0) is 35.4 Å². The minimum atomic E-state index is -3.63. The Morgan fingerprint density at radius 1 is 0.714 bits per heavy atom. The molecule has 0 fully saturated rings. The van der Waals surface area contributed by atoms with Crippen LogP contribution in [0.4, 0.5) is 10.5 Å². The van der Waals surface area contributed by atoms with E-state index in [4.69, 9.17) is 0 Å². The largest absolute Gasteiger partial charge is 0.334 e. The van der Waals surface area contributed by atoms with E-state index >= 15 is 0 Å². The standard InChI is InChI=1S/C21H21N3O3S/c25-21(22-15-17-7-3-1-4-8-17)24-19-11-13-20(14-12-19)28(26,27)23-16-18-9-5-2-6-10-18/h1-14,23H,15-16H2,(H2,22,24,25). The molecule has 0 aromatic heterocycles. The third kappa shape index (κ3) is 5.67. The Labute approximate surface area is 164 Å². The number of amides is 2.